The number of halogens is 3. The first kappa shape index (κ1) is 21.8. The van der Waals surface area contributed by atoms with E-state index in [1.54, 1.807) is 20.8 Å². The minimum atomic E-state index is -4.76. The fourth-order valence-electron chi connectivity index (χ4n) is 3.39. The minimum Gasteiger partial charge on any atom is -0.465 e. The molecule has 1 amide bonds. The molecule has 3 rings (SSSR count). The molecule has 1 fully saturated rings. The van der Waals surface area contributed by atoms with Gasteiger partial charge in [0.2, 0.25) is 0 Å². The summed E-state index contributed by atoms with van der Waals surface area (Å²) in [5, 5.41) is 29.4. The summed E-state index contributed by atoms with van der Waals surface area (Å²) in [4.78, 5) is 12.9. The molecule has 0 aliphatic carbocycles. The summed E-state index contributed by atoms with van der Waals surface area (Å²) in [5.74, 6) is -0.679. The lowest BCUT2D eigenvalue weighted by molar-refractivity contribution is -0.137. The van der Waals surface area contributed by atoms with Crippen molar-refractivity contribution < 1.29 is 33.0 Å². The molecule has 1 aliphatic heterocycles. The highest BCUT2D eigenvalue weighted by Crippen LogP contribution is 2.44. The average Bonchev–Trinajstić information content (AvgIpc) is 3.23. The molecule has 0 bridgehead atoms. The molecule has 0 saturated carbocycles. The Hall–Kier alpha value is -2.93. The van der Waals surface area contributed by atoms with Crippen molar-refractivity contribution in [3.8, 4) is 10.6 Å². The molecule has 9 nitrogen and oxygen atoms in total. The van der Waals surface area contributed by atoms with E-state index in [0.717, 1.165) is 28.4 Å². The Labute approximate surface area is 172 Å². The summed E-state index contributed by atoms with van der Waals surface area (Å²) in [6, 6.07) is 3.23. The molecule has 2 aromatic rings. The van der Waals surface area contributed by atoms with Crippen molar-refractivity contribution in [1.29, 1.82) is 0 Å². The maximum atomic E-state index is 13.5. The van der Waals surface area contributed by atoms with Crippen LogP contribution in [0.15, 0.2) is 23.4 Å². The number of amides is 1. The zero-order valence-electron chi connectivity index (χ0n) is 16.1. The maximum Gasteiger partial charge on any atom is 0.417 e. The third-order valence-corrected chi connectivity index (χ3v) is 6.00. The largest absolute Gasteiger partial charge is 0.465 e. The Balaban J connectivity index is 2.06. The van der Waals surface area contributed by atoms with Crippen LogP contribution in [0.3, 0.4) is 0 Å². The van der Waals surface area contributed by atoms with E-state index < -0.39 is 40.5 Å². The molecular weight excluding hydrogens is 427 g/mol. The number of nitrogens with two attached hydrogens (primary N) is 1. The van der Waals surface area contributed by atoms with Crippen LogP contribution in [-0.2, 0) is 16.5 Å². The number of aromatic nitrogens is 2. The van der Waals surface area contributed by atoms with Gasteiger partial charge in [-0.3, -0.25) is 4.90 Å². The summed E-state index contributed by atoms with van der Waals surface area (Å²) < 4.78 is 46.0. The summed E-state index contributed by atoms with van der Waals surface area (Å²) >= 11 is 0.958. The average molecular weight is 445 g/mol. The lowest BCUT2D eigenvalue weighted by atomic mass is 10.0. The molecule has 162 valence electrons. The highest BCUT2D eigenvalue weighted by atomic mass is 32.1. The Morgan fingerprint density at radius 1 is 1.33 bits per heavy atom. The summed E-state index contributed by atoms with van der Waals surface area (Å²) in [5.41, 5.74) is 1.60. The van der Waals surface area contributed by atoms with Gasteiger partial charge in [-0.1, -0.05) is 22.6 Å². The summed E-state index contributed by atoms with van der Waals surface area (Å²) in [6.07, 6.45) is -5.98. The highest BCUT2D eigenvalue weighted by molar-refractivity contribution is 7.14. The number of nitrogens with zero attached hydrogens (tertiary/aromatic N) is 4. The zero-order chi connectivity index (χ0) is 22.5. The Bertz CT molecular complexity index is 1020. The van der Waals surface area contributed by atoms with Crippen LogP contribution >= 0.6 is 11.3 Å². The van der Waals surface area contributed by atoms with Crippen LogP contribution < -0.4 is 5.73 Å². The molecule has 1 aliphatic rings. The SMILES string of the molecule is CC1(C)OCC(C)(c2nnc(-c3ccc(C(N)=NO)c(C(F)(F)F)c3)s2)N1C(=O)O. The van der Waals surface area contributed by atoms with E-state index in [0.29, 0.717) is 0 Å². The van der Waals surface area contributed by atoms with Crippen LogP contribution in [-0.4, -0.2) is 49.7 Å². The molecule has 30 heavy (non-hydrogen) atoms. The topological polar surface area (TPSA) is 134 Å². The molecule has 0 radical (unpaired) electrons. The number of hydrogen-bond donors (Lipinski definition) is 3. The van der Waals surface area contributed by atoms with Crippen LogP contribution in [0.1, 0.15) is 36.9 Å². The normalized spacial score (nSPS) is 21.8. The first-order valence-corrected chi connectivity index (χ1v) is 9.33. The van der Waals surface area contributed by atoms with E-state index in [2.05, 4.69) is 15.4 Å². The van der Waals surface area contributed by atoms with Crippen LogP contribution in [0.5, 0.6) is 0 Å². The van der Waals surface area contributed by atoms with Crippen molar-refractivity contribution in [2.24, 2.45) is 10.9 Å². The van der Waals surface area contributed by atoms with Gasteiger partial charge in [0.05, 0.1) is 12.2 Å². The van der Waals surface area contributed by atoms with Crippen LogP contribution in [0, 0.1) is 0 Å². The number of carboxylic acid groups (broad SMARTS) is 1. The molecule has 0 spiro atoms. The van der Waals surface area contributed by atoms with Gasteiger partial charge in [-0.25, -0.2) is 4.79 Å². The number of oxime groups is 1. The van der Waals surface area contributed by atoms with Crippen molar-refractivity contribution in [2.75, 3.05) is 6.61 Å². The van der Waals surface area contributed by atoms with Crippen molar-refractivity contribution in [1.82, 2.24) is 15.1 Å². The molecule has 1 saturated heterocycles. The van der Waals surface area contributed by atoms with Crippen LogP contribution in [0.25, 0.3) is 10.6 Å². The summed E-state index contributed by atoms with van der Waals surface area (Å²) in [7, 11) is 0. The van der Waals surface area contributed by atoms with Gasteiger partial charge in [0.25, 0.3) is 0 Å². The number of rotatable bonds is 3. The van der Waals surface area contributed by atoms with Crippen molar-refractivity contribution in [3.63, 3.8) is 0 Å². The van der Waals surface area contributed by atoms with E-state index in [1.807, 2.05) is 0 Å². The Morgan fingerprint density at radius 3 is 2.57 bits per heavy atom. The van der Waals surface area contributed by atoms with Gasteiger partial charge in [-0.15, -0.1) is 10.2 Å². The molecule has 4 N–H and O–H groups in total. The number of hydrogen-bond acceptors (Lipinski definition) is 7. The van der Waals surface area contributed by atoms with Crippen molar-refractivity contribution in [2.45, 2.75) is 38.2 Å². The second kappa shape index (κ2) is 7.09. The standard InChI is InChI=1S/C17H18F3N5O4S/c1-15(2)25(14(26)27)16(3,7-29-15)13-23-22-12(30-13)8-4-5-9(11(21)24-28)10(6-8)17(18,19)20/h4-6,28H,7H2,1-3H3,(H2,21,24)(H,26,27). The molecule has 1 atom stereocenters. The van der Waals surface area contributed by atoms with Gasteiger partial charge < -0.3 is 20.8 Å². The minimum absolute atomic E-state index is 0.0111. The van der Waals surface area contributed by atoms with Gasteiger partial charge in [0, 0.05) is 11.1 Å². The predicted octanol–water partition coefficient (Wildman–Crippen LogP) is 3.28. The lowest BCUT2D eigenvalue weighted by Gasteiger charge is -2.35. The second-order valence-corrected chi connectivity index (χ2v) is 8.26. The monoisotopic (exact) mass is 445 g/mol. The first-order valence-electron chi connectivity index (χ1n) is 8.52. The van der Waals surface area contributed by atoms with Gasteiger partial charge in [-0.05, 0) is 32.9 Å². The fraction of sp³-hybridized carbons (Fsp3) is 0.412. The third-order valence-electron chi connectivity index (χ3n) is 4.77. The quantitative estimate of drug-likeness (QED) is 0.286. The second-order valence-electron chi connectivity index (χ2n) is 7.28. The number of alkyl halides is 3. The number of ether oxygens (including phenoxy) is 1. The highest BCUT2D eigenvalue weighted by Gasteiger charge is 2.54. The zero-order valence-corrected chi connectivity index (χ0v) is 16.9. The van der Waals surface area contributed by atoms with E-state index in [1.165, 1.54) is 6.07 Å². The number of benzene rings is 1. The Morgan fingerprint density at radius 2 is 2.00 bits per heavy atom. The molecule has 2 heterocycles. The van der Waals surface area contributed by atoms with E-state index >= 15 is 0 Å². The van der Waals surface area contributed by atoms with Gasteiger partial charge in [-0.2, -0.15) is 13.2 Å². The fourth-order valence-corrected chi connectivity index (χ4v) is 4.35. The lowest BCUT2D eigenvalue weighted by Crippen LogP contribution is -2.51. The van der Waals surface area contributed by atoms with Gasteiger partial charge in [0.15, 0.2) is 5.84 Å². The molecule has 1 aromatic carbocycles. The smallest absolute Gasteiger partial charge is 0.417 e. The van der Waals surface area contributed by atoms with E-state index in [4.69, 9.17) is 15.7 Å². The first-order chi connectivity index (χ1) is 13.8. The molecule has 1 unspecified atom stereocenters. The van der Waals surface area contributed by atoms with E-state index in [-0.39, 0.29) is 22.2 Å². The van der Waals surface area contributed by atoms with E-state index in [9.17, 15) is 23.1 Å². The van der Waals surface area contributed by atoms with Crippen LogP contribution in [0.2, 0.25) is 0 Å². The van der Waals surface area contributed by atoms with Gasteiger partial charge >= 0.3 is 12.3 Å². The maximum absolute atomic E-state index is 13.5. The number of carbonyl (C=O) groups is 1. The Kier molecular flexibility index (Phi) is 5.15. The van der Waals surface area contributed by atoms with Crippen LogP contribution in [0.4, 0.5) is 18.0 Å². The predicted molar refractivity (Wildman–Crippen MR) is 100 cm³/mol. The van der Waals surface area contributed by atoms with Crippen molar-refractivity contribution >= 4 is 23.3 Å². The number of amidine groups is 1. The molecular formula is C17H18F3N5O4S. The van der Waals surface area contributed by atoms with Crippen molar-refractivity contribution in [3.05, 3.63) is 34.3 Å². The third kappa shape index (κ3) is 3.54. The summed E-state index contributed by atoms with van der Waals surface area (Å²) in [6.45, 7) is 4.81. The molecule has 13 heteroatoms. The van der Waals surface area contributed by atoms with Gasteiger partial charge in [0.1, 0.15) is 21.3 Å². The molecule has 1 aromatic heterocycles.